The van der Waals surface area contributed by atoms with Crippen LogP contribution in [0.5, 0.6) is 0 Å². The second kappa shape index (κ2) is 6.28. The third kappa shape index (κ3) is 4.46. The third-order valence-corrected chi connectivity index (χ3v) is 2.35. The van der Waals surface area contributed by atoms with Crippen LogP contribution in [-0.4, -0.2) is 18.5 Å². The molecule has 1 aromatic carbocycles. The molecule has 1 aromatic rings. The minimum absolute atomic E-state index is 0.0217. The van der Waals surface area contributed by atoms with Crippen LogP contribution in [0.3, 0.4) is 0 Å². The molecule has 0 aliphatic heterocycles. The predicted molar refractivity (Wildman–Crippen MR) is 67.9 cm³/mol. The van der Waals surface area contributed by atoms with E-state index >= 15 is 0 Å². The number of carbonyl (C=O) groups excluding carboxylic acids is 1. The largest absolute Gasteiger partial charge is 0.417 e. The van der Waals surface area contributed by atoms with Gasteiger partial charge in [0, 0.05) is 11.7 Å². The topological polar surface area (TPSA) is 64.9 Å². The molecule has 0 radical (unpaired) electrons. The summed E-state index contributed by atoms with van der Waals surface area (Å²) in [5, 5.41) is 14.0. The molecule has 0 aromatic heterocycles. The minimum Gasteiger partial charge on any atom is -0.376 e. The summed E-state index contributed by atoms with van der Waals surface area (Å²) in [6.45, 7) is 3.52. The van der Waals surface area contributed by atoms with Gasteiger partial charge in [0.25, 0.3) is 0 Å². The molecule has 2 N–H and O–H groups in total. The van der Waals surface area contributed by atoms with Crippen molar-refractivity contribution in [1.82, 2.24) is 5.32 Å². The first kappa shape index (κ1) is 15.8. The summed E-state index contributed by atoms with van der Waals surface area (Å²) in [7, 11) is 0. The third-order valence-electron chi connectivity index (χ3n) is 2.35. The summed E-state index contributed by atoms with van der Waals surface area (Å²) in [5.74, 6) is -0.279. The molecule has 7 heteroatoms. The van der Waals surface area contributed by atoms with Crippen LogP contribution in [-0.2, 0) is 11.0 Å². The van der Waals surface area contributed by atoms with E-state index in [1.54, 1.807) is 13.8 Å². The normalized spacial score (nSPS) is 11.1. The number of carbonyl (C=O) groups is 1. The Hall–Kier alpha value is -2.23. The average Bonchev–Trinajstić information content (AvgIpc) is 2.34. The number of hydrogen-bond acceptors (Lipinski definition) is 3. The van der Waals surface area contributed by atoms with E-state index in [4.69, 9.17) is 5.26 Å². The van der Waals surface area contributed by atoms with Gasteiger partial charge in [0.1, 0.15) is 0 Å². The van der Waals surface area contributed by atoms with Gasteiger partial charge < -0.3 is 10.6 Å². The number of alkyl halides is 3. The Balaban J connectivity index is 2.80. The van der Waals surface area contributed by atoms with E-state index in [0.717, 1.165) is 12.1 Å². The van der Waals surface area contributed by atoms with E-state index in [9.17, 15) is 18.0 Å². The van der Waals surface area contributed by atoms with Crippen molar-refractivity contribution in [3.63, 3.8) is 0 Å². The quantitative estimate of drug-likeness (QED) is 0.893. The molecule has 1 amide bonds. The summed E-state index contributed by atoms with van der Waals surface area (Å²) in [6.07, 6.45) is -4.57. The summed E-state index contributed by atoms with van der Waals surface area (Å²) < 4.78 is 37.8. The van der Waals surface area contributed by atoms with Crippen molar-refractivity contribution in [2.24, 2.45) is 0 Å². The highest BCUT2D eigenvalue weighted by Gasteiger charge is 2.33. The smallest absolute Gasteiger partial charge is 0.376 e. The van der Waals surface area contributed by atoms with Gasteiger partial charge in [0.2, 0.25) is 5.91 Å². The lowest BCUT2D eigenvalue weighted by molar-refractivity contribution is -0.137. The van der Waals surface area contributed by atoms with Crippen LogP contribution >= 0.6 is 0 Å². The van der Waals surface area contributed by atoms with E-state index in [-0.39, 0.29) is 24.2 Å². The number of nitrogens with zero attached hydrogens (tertiary/aromatic N) is 1. The van der Waals surface area contributed by atoms with Crippen molar-refractivity contribution in [2.75, 3.05) is 11.9 Å². The number of amides is 1. The summed E-state index contributed by atoms with van der Waals surface area (Å²) >= 11 is 0. The van der Waals surface area contributed by atoms with E-state index in [0.29, 0.717) is 0 Å². The summed E-state index contributed by atoms with van der Waals surface area (Å²) in [6, 6.07) is 4.56. The van der Waals surface area contributed by atoms with Gasteiger partial charge in [-0.3, -0.25) is 4.79 Å². The Bertz CT molecular complexity index is 533. The highest BCUT2D eigenvalue weighted by Crippen LogP contribution is 2.32. The fourth-order valence-corrected chi connectivity index (χ4v) is 1.55. The first-order valence-corrected chi connectivity index (χ1v) is 5.88. The summed E-state index contributed by atoms with van der Waals surface area (Å²) in [5.41, 5.74) is -1.18. The zero-order valence-electron chi connectivity index (χ0n) is 11.0. The lowest BCUT2D eigenvalue weighted by atomic mass is 10.1. The number of nitrogens with one attached hydrogen (secondary N) is 2. The molecule has 0 aliphatic rings. The van der Waals surface area contributed by atoms with Crippen LogP contribution in [0.25, 0.3) is 0 Å². The molecule has 0 heterocycles. The van der Waals surface area contributed by atoms with E-state index < -0.39 is 17.3 Å². The van der Waals surface area contributed by atoms with Crippen LogP contribution in [0, 0.1) is 11.3 Å². The molecule has 0 aliphatic carbocycles. The monoisotopic (exact) mass is 285 g/mol. The van der Waals surface area contributed by atoms with Crippen molar-refractivity contribution >= 4 is 11.6 Å². The summed E-state index contributed by atoms with van der Waals surface area (Å²) in [4.78, 5) is 11.4. The maximum absolute atomic E-state index is 12.6. The number of anilines is 1. The number of benzene rings is 1. The number of halogens is 3. The standard InChI is InChI=1S/C13H14F3N3O/c1-8(2)19-12(20)7-18-10-3-4-11(13(14,15)16)9(5-10)6-17/h3-5,8,18H,7H2,1-2H3,(H,19,20). The Morgan fingerprint density at radius 3 is 2.55 bits per heavy atom. The second-order valence-corrected chi connectivity index (χ2v) is 4.45. The Morgan fingerprint density at radius 1 is 1.40 bits per heavy atom. The van der Waals surface area contributed by atoms with Crippen LogP contribution in [0.2, 0.25) is 0 Å². The van der Waals surface area contributed by atoms with Crippen molar-refractivity contribution < 1.29 is 18.0 Å². The number of rotatable bonds is 4. The first-order valence-electron chi connectivity index (χ1n) is 5.88. The van der Waals surface area contributed by atoms with Crippen LogP contribution in [0.4, 0.5) is 18.9 Å². The van der Waals surface area contributed by atoms with Gasteiger partial charge in [0.05, 0.1) is 23.7 Å². The maximum atomic E-state index is 12.6. The van der Waals surface area contributed by atoms with Gasteiger partial charge in [-0.1, -0.05) is 0 Å². The van der Waals surface area contributed by atoms with Crippen LogP contribution in [0.15, 0.2) is 18.2 Å². The Morgan fingerprint density at radius 2 is 2.05 bits per heavy atom. The molecule has 1 rings (SSSR count). The molecule has 108 valence electrons. The molecule has 0 fully saturated rings. The van der Waals surface area contributed by atoms with Crippen LogP contribution < -0.4 is 10.6 Å². The van der Waals surface area contributed by atoms with E-state index in [2.05, 4.69) is 10.6 Å². The van der Waals surface area contributed by atoms with Gasteiger partial charge >= 0.3 is 6.18 Å². The molecule has 4 nitrogen and oxygen atoms in total. The van der Waals surface area contributed by atoms with Gasteiger partial charge in [-0.25, -0.2) is 0 Å². The van der Waals surface area contributed by atoms with E-state index in [1.807, 2.05) is 0 Å². The van der Waals surface area contributed by atoms with Gasteiger partial charge in [-0.15, -0.1) is 0 Å². The SMILES string of the molecule is CC(C)NC(=O)CNc1ccc(C(F)(F)F)c(C#N)c1. The molecule has 0 spiro atoms. The molecular weight excluding hydrogens is 271 g/mol. The Kier molecular flexibility index (Phi) is 4.97. The highest BCUT2D eigenvalue weighted by atomic mass is 19.4. The molecule has 0 atom stereocenters. The number of nitriles is 1. The zero-order chi connectivity index (χ0) is 15.3. The average molecular weight is 285 g/mol. The van der Waals surface area contributed by atoms with E-state index in [1.165, 1.54) is 12.1 Å². The van der Waals surface area contributed by atoms with Gasteiger partial charge in [0.15, 0.2) is 0 Å². The fraction of sp³-hybridized carbons (Fsp3) is 0.385. The molecule has 0 bridgehead atoms. The molecule has 20 heavy (non-hydrogen) atoms. The molecule has 0 saturated heterocycles. The molecule has 0 unspecified atom stereocenters. The van der Waals surface area contributed by atoms with Crippen molar-refractivity contribution in [2.45, 2.75) is 26.1 Å². The zero-order valence-corrected chi connectivity index (χ0v) is 11.0. The first-order chi connectivity index (χ1) is 9.24. The van der Waals surface area contributed by atoms with Crippen molar-refractivity contribution in [3.05, 3.63) is 29.3 Å². The minimum atomic E-state index is -4.57. The van der Waals surface area contributed by atoms with Gasteiger partial charge in [-0.05, 0) is 32.0 Å². The number of hydrogen-bond donors (Lipinski definition) is 2. The second-order valence-electron chi connectivity index (χ2n) is 4.45. The van der Waals surface area contributed by atoms with Crippen molar-refractivity contribution in [1.29, 1.82) is 5.26 Å². The lowest BCUT2D eigenvalue weighted by Gasteiger charge is -2.12. The maximum Gasteiger partial charge on any atom is 0.417 e. The fourth-order valence-electron chi connectivity index (χ4n) is 1.55. The van der Waals surface area contributed by atoms with Crippen LogP contribution in [0.1, 0.15) is 25.0 Å². The predicted octanol–water partition coefficient (Wildman–Crippen LogP) is 2.51. The van der Waals surface area contributed by atoms with Gasteiger partial charge in [-0.2, -0.15) is 18.4 Å². The lowest BCUT2D eigenvalue weighted by Crippen LogP contribution is -2.34. The molecular formula is C13H14F3N3O. The molecule has 0 saturated carbocycles. The highest BCUT2D eigenvalue weighted by molar-refractivity contribution is 5.81. The van der Waals surface area contributed by atoms with Crippen molar-refractivity contribution in [3.8, 4) is 6.07 Å². The Labute approximate surface area is 114 Å².